The zero-order chi connectivity index (χ0) is 18.8. The third kappa shape index (κ3) is 2.91. The molecule has 0 fully saturated rings. The lowest BCUT2D eigenvalue weighted by atomic mass is 9.93. The maximum atomic E-state index is 2.36. The molecule has 1 heteroatoms. The fourth-order valence-corrected chi connectivity index (χ4v) is 4.05. The van der Waals surface area contributed by atoms with E-state index in [1.807, 2.05) is 0 Å². The van der Waals surface area contributed by atoms with Crippen molar-refractivity contribution in [3.63, 3.8) is 0 Å². The smallest absolute Gasteiger partial charge is 0.0537 e. The monoisotopic (exact) mass is 359 g/mol. The molecule has 0 saturated carbocycles. The average molecular weight is 359 g/mol. The van der Waals surface area contributed by atoms with Crippen LogP contribution in [0.5, 0.6) is 0 Å². The number of hydrogen-bond donors (Lipinski definition) is 0. The second kappa shape index (κ2) is 7.21. The van der Waals surface area contributed by atoms with E-state index in [4.69, 9.17) is 0 Å². The van der Waals surface area contributed by atoms with Gasteiger partial charge in [-0.3, -0.25) is 0 Å². The van der Waals surface area contributed by atoms with Crippen molar-refractivity contribution < 1.29 is 0 Å². The lowest BCUT2D eigenvalue weighted by Gasteiger charge is -2.09. The Morgan fingerprint density at radius 1 is 0.500 bits per heavy atom. The highest BCUT2D eigenvalue weighted by Crippen LogP contribution is 2.41. The van der Waals surface area contributed by atoms with Gasteiger partial charge in [-0.2, -0.15) is 0 Å². The summed E-state index contributed by atoms with van der Waals surface area (Å²) in [5, 5.41) is 0. The summed E-state index contributed by atoms with van der Waals surface area (Å²) in [6.07, 6.45) is 3.08. The molecule has 0 amide bonds. The van der Waals surface area contributed by atoms with Crippen molar-refractivity contribution in [3.05, 3.63) is 127 Å². The Bertz CT molecular complexity index is 1200. The van der Waals surface area contributed by atoms with Gasteiger partial charge in [0, 0.05) is 29.4 Å². The first-order valence-corrected chi connectivity index (χ1v) is 9.68. The molecule has 28 heavy (non-hydrogen) atoms. The van der Waals surface area contributed by atoms with Crippen molar-refractivity contribution in [2.24, 2.45) is 0 Å². The van der Waals surface area contributed by atoms with Crippen molar-refractivity contribution in [3.8, 4) is 22.3 Å². The van der Waals surface area contributed by atoms with Crippen LogP contribution in [0.2, 0.25) is 0 Å². The van der Waals surface area contributed by atoms with Crippen molar-refractivity contribution >= 4 is 5.52 Å². The maximum Gasteiger partial charge on any atom is 0.0537 e. The second-order valence-corrected chi connectivity index (χ2v) is 7.05. The maximum absolute atomic E-state index is 2.36. The van der Waals surface area contributed by atoms with Gasteiger partial charge in [-0.1, -0.05) is 97.1 Å². The van der Waals surface area contributed by atoms with E-state index in [2.05, 4.69) is 120 Å². The molecule has 0 unspecified atom stereocenters. The largest absolute Gasteiger partial charge is 0.319 e. The molecule has 134 valence electrons. The van der Waals surface area contributed by atoms with E-state index in [1.54, 1.807) is 0 Å². The molecule has 3 aromatic carbocycles. The minimum absolute atomic E-state index is 0.892. The number of benzene rings is 3. The molecule has 0 bridgehead atoms. The van der Waals surface area contributed by atoms with Crippen molar-refractivity contribution in [1.29, 1.82) is 0 Å². The van der Waals surface area contributed by atoms with Crippen LogP contribution in [0.1, 0.15) is 11.3 Å². The molecule has 5 aromatic rings. The Morgan fingerprint density at radius 3 is 1.68 bits per heavy atom. The van der Waals surface area contributed by atoms with Crippen LogP contribution in [0, 0.1) is 0 Å². The molecule has 0 aliphatic rings. The van der Waals surface area contributed by atoms with Gasteiger partial charge in [0.25, 0.3) is 0 Å². The molecule has 0 N–H and O–H groups in total. The van der Waals surface area contributed by atoms with Crippen LogP contribution in [-0.4, -0.2) is 4.40 Å². The van der Waals surface area contributed by atoms with Gasteiger partial charge in [-0.15, -0.1) is 0 Å². The summed E-state index contributed by atoms with van der Waals surface area (Å²) < 4.78 is 2.36. The SMILES string of the molecule is c1ccc(Cc2c(-c3ccccc3)c(-c3ccccc3)c3ccccn23)cc1. The highest BCUT2D eigenvalue weighted by Gasteiger charge is 2.20. The van der Waals surface area contributed by atoms with Crippen LogP contribution < -0.4 is 0 Å². The summed E-state index contributed by atoms with van der Waals surface area (Å²) in [5.74, 6) is 0. The summed E-state index contributed by atoms with van der Waals surface area (Å²) in [6.45, 7) is 0. The molecule has 1 nitrogen and oxygen atoms in total. The first-order valence-electron chi connectivity index (χ1n) is 9.68. The van der Waals surface area contributed by atoms with Crippen LogP contribution >= 0.6 is 0 Å². The van der Waals surface area contributed by atoms with Crippen LogP contribution in [0.4, 0.5) is 0 Å². The molecule has 0 aliphatic heterocycles. The lowest BCUT2D eigenvalue weighted by molar-refractivity contribution is 1.03. The fourth-order valence-electron chi connectivity index (χ4n) is 4.05. The molecule has 0 radical (unpaired) electrons. The first kappa shape index (κ1) is 16.6. The Kier molecular flexibility index (Phi) is 4.27. The lowest BCUT2D eigenvalue weighted by Crippen LogP contribution is -1.96. The van der Waals surface area contributed by atoms with Gasteiger partial charge in [0.05, 0.1) is 5.52 Å². The van der Waals surface area contributed by atoms with Gasteiger partial charge in [-0.25, -0.2) is 0 Å². The van der Waals surface area contributed by atoms with Crippen LogP contribution in [0.25, 0.3) is 27.8 Å². The van der Waals surface area contributed by atoms with Gasteiger partial charge in [-0.05, 0) is 28.8 Å². The second-order valence-electron chi connectivity index (χ2n) is 7.05. The third-order valence-electron chi connectivity index (χ3n) is 5.28. The van der Waals surface area contributed by atoms with E-state index < -0.39 is 0 Å². The molecular formula is C27H21N. The van der Waals surface area contributed by atoms with Crippen LogP contribution in [0.15, 0.2) is 115 Å². The van der Waals surface area contributed by atoms with E-state index in [-0.39, 0.29) is 0 Å². The number of pyridine rings is 1. The molecule has 2 aromatic heterocycles. The highest BCUT2D eigenvalue weighted by molar-refractivity contribution is 5.96. The third-order valence-corrected chi connectivity index (χ3v) is 5.28. The molecule has 0 saturated heterocycles. The molecule has 0 atom stereocenters. The number of aromatic nitrogens is 1. The number of nitrogens with zero attached hydrogens (tertiary/aromatic N) is 1. The van der Waals surface area contributed by atoms with E-state index in [9.17, 15) is 0 Å². The Labute approximate surface area is 165 Å². The van der Waals surface area contributed by atoms with Crippen LogP contribution in [0.3, 0.4) is 0 Å². The Balaban J connectivity index is 1.85. The standard InChI is InChI=1S/C27H21N/c1-4-12-21(13-5-1)20-25-27(23-16-8-3-9-17-23)26(22-14-6-2-7-15-22)24-18-10-11-19-28(24)25/h1-19H,20H2. The Morgan fingerprint density at radius 2 is 1.04 bits per heavy atom. The minimum atomic E-state index is 0.892. The molecule has 0 aliphatic carbocycles. The van der Waals surface area contributed by atoms with Crippen molar-refractivity contribution in [2.75, 3.05) is 0 Å². The van der Waals surface area contributed by atoms with Gasteiger partial charge in [0.1, 0.15) is 0 Å². The summed E-state index contributed by atoms with van der Waals surface area (Å²) in [4.78, 5) is 0. The molecule has 5 rings (SSSR count). The first-order chi connectivity index (χ1) is 13.9. The van der Waals surface area contributed by atoms with Crippen LogP contribution in [-0.2, 0) is 6.42 Å². The normalized spacial score (nSPS) is 11.0. The van der Waals surface area contributed by atoms with Crippen molar-refractivity contribution in [1.82, 2.24) is 4.40 Å². The van der Waals surface area contributed by atoms with Gasteiger partial charge < -0.3 is 4.40 Å². The summed E-state index contributed by atoms with van der Waals surface area (Å²) in [7, 11) is 0. The van der Waals surface area contributed by atoms with E-state index in [1.165, 1.54) is 39.0 Å². The van der Waals surface area contributed by atoms with E-state index in [0.29, 0.717) is 0 Å². The van der Waals surface area contributed by atoms with Gasteiger partial charge in [0.15, 0.2) is 0 Å². The predicted molar refractivity (Wildman–Crippen MR) is 118 cm³/mol. The summed E-state index contributed by atoms with van der Waals surface area (Å²) in [6, 6.07) is 38.7. The zero-order valence-corrected chi connectivity index (χ0v) is 15.6. The van der Waals surface area contributed by atoms with E-state index in [0.717, 1.165) is 6.42 Å². The molecule has 2 heterocycles. The van der Waals surface area contributed by atoms with E-state index >= 15 is 0 Å². The minimum Gasteiger partial charge on any atom is -0.319 e. The zero-order valence-electron chi connectivity index (χ0n) is 15.6. The van der Waals surface area contributed by atoms with Gasteiger partial charge in [0.2, 0.25) is 0 Å². The summed E-state index contributed by atoms with van der Waals surface area (Å²) in [5.41, 5.74) is 9.04. The number of rotatable bonds is 4. The quantitative estimate of drug-likeness (QED) is 0.330. The average Bonchev–Trinajstić information content (AvgIpc) is 3.10. The summed E-state index contributed by atoms with van der Waals surface area (Å²) >= 11 is 0. The number of hydrogen-bond acceptors (Lipinski definition) is 0. The predicted octanol–water partition coefficient (Wildman–Crippen LogP) is 6.86. The van der Waals surface area contributed by atoms with Gasteiger partial charge >= 0.3 is 0 Å². The van der Waals surface area contributed by atoms with Crippen molar-refractivity contribution in [2.45, 2.75) is 6.42 Å². The molecule has 0 spiro atoms. The molecular weight excluding hydrogens is 338 g/mol. The topological polar surface area (TPSA) is 4.41 Å². The fraction of sp³-hybridized carbons (Fsp3) is 0.0370. The highest BCUT2D eigenvalue weighted by atomic mass is 14.9. The number of fused-ring (bicyclic) bond motifs is 1. The Hall–Kier alpha value is -3.58.